The largest absolute Gasteiger partial charge is 0.374 e. The summed E-state index contributed by atoms with van der Waals surface area (Å²) in [5.41, 5.74) is 0. The second-order valence-electron chi connectivity index (χ2n) is 4.36. The lowest BCUT2D eigenvalue weighted by molar-refractivity contribution is -0.129. The third kappa shape index (κ3) is 2.31. The van der Waals surface area contributed by atoms with Crippen LogP contribution in [0.4, 0.5) is 0 Å². The van der Waals surface area contributed by atoms with Crippen LogP contribution < -0.4 is 0 Å². The van der Waals surface area contributed by atoms with Gasteiger partial charge in [-0.2, -0.15) is 0 Å². The van der Waals surface area contributed by atoms with E-state index in [1.54, 1.807) is 7.11 Å². The molecule has 3 heteroatoms. The molecule has 0 bridgehead atoms. The topological polar surface area (TPSA) is 26.3 Å². The Hall–Kier alpha value is -0.0200. The molecular formula is C11H21O2S+. The first-order valence-electron chi connectivity index (χ1n) is 5.25. The van der Waals surface area contributed by atoms with Crippen molar-refractivity contribution in [1.29, 1.82) is 0 Å². The number of carbonyl (C=O) groups is 1. The number of carbonyl (C=O) groups excluding carboxylic acids is 1. The molecule has 1 aliphatic heterocycles. The molecule has 0 saturated carbocycles. The minimum atomic E-state index is -0.252. The molecule has 82 valence electrons. The van der Waals surface area contributed by atoms with E-state index in [2.05, 4.69) is 13.8 Å². The molecule has 0 N–H and O–H groups in total. The first kappa shape index (κ1) is 12.1. The minimum Gasteiger partial charge on any atom is -0.374 e. The second kappa shape index (κ2) is 4.67. The number of Topliss-reactive ketones (excluding diaryl/α,β-unsaturated/α-hetero) is 1. The summed E-state index contributed by atoms with van der Waals surface area (Å²) in [4.78, 5) is 12.1. The summed E-state index contributed by atoms with van der Waals surface area (Å²) in [7, 11) is 1.89. The third-order valence-corrected chi connectivity index (χ3v) is 6.28. The Morgan fingerprint density at radius 2 is 1.86 bits per heavy atom. The smallest absolute Gasteiger partial charge is 0.215 e. The van der Waals surface area contributed by atoms with Crippen LogP contribution >= 0.6 is 0 Å². The van der Waals surface area contributed by atoms with Crippen LogP contribution in [-0.2, 0) is 20.4 Å². The van der Waals surface area contributed by atoms with E-state index in [1.807, 2.05) is 6.92 Å². The van der Waals surface area contributed by atoms with Crippen molar-refractivity contribution in [3.8, 4) is 0 Å². The lowest BCUT2D eigenvalue weighted by Gasteiger charge is -2.24. The normalized spacial score (nSPS) is 21.1. The molecule has 1 heterocycles. The van der Waals surface area contributed by atoms with E-state index in [0.717, 1.165) is 0 Å². The molecule has 14 heavy (non-hydrogen) atoms. The maximum Gasteiger partial charge on any atom is 0.215 e. The highest BCUT2D eigenvalue weighted by Gasteiger charge is 2.48. The van der Waals surface area contributed by atoms with Gasteiger partial charge in [-0.3, -0.25) is 4.79 Å². The molecule has 0 spiro atoms. The van der Waals surface area contributed by atoms with Gasteiger partial charge in [-0.05, 0) is 33.6 Å². The Morgan fingerprint density at radius 1 is 1.36 bits per heavy atom. The zero-order valence-electron chi connectivity index (χ0n) is 9.63. The number of ether oxygens (including phenoxy) is 1. The number of hydrogen-bond donors (Lipinski definition) is 0. The predicted octanol–water partition coefficient (Wildman–Crippen LogP) is 1.78. The average molecular weight is 217 g/mol. The fourth-order valence-corrected chi connectivity index (χ4v) is 4.68. The molecule has 1 saturated heterocycles. The van der Waals surface area contributed by atoms with E-state index >= 15 is 0 Å². The number of rotatable bonds is 4. The minimum absolute atomic E-state index is 0.175. The highest BCUT2D eigenvalue weighted by atomic mass is 32.2. The van der Waals surface area contributed by atoms with Gasteiger partial charge in [0.1, 0.15) is 17.6 Å². The van der Waals surface area contributed by atoms with Crippen molar-refractivity contribution in [3.05, 3.63) is 0 Å². The number of ketones is 1. The number of methoxy groups -OCH3 is 1. The van der Waals surface area contributed by atoms with Crippen LogP contribution in [0.15, 0.2) is 0 Å². The van der Waals surface area contributed by atoms with Gasteiger partial charge < -0.3 is 4.74 Å². The van der Waals surface area contributed by atoms with Crippen molar-refractivity contribution in [2.75, 3.05) is 18.6 Å². The summed E-state index contributed by atoms with van der Waals surface area (Å²) >= 11 is 0. The quantitative estimate of drug-likeness (QED) is 0.671. The van der Waals surface area contributed by atoms with Crippen molar-refractivity contribution < 1.29 is 9.53 Å². The maximum atomic E-state index is 12.1. The van der Waals surface area contributed by atoms with Crippen LogP contribution in [0.25, 0.3) is 0 Å². The van der Waals surface area contributed by atoms with Crippen LogP contribution in [0.2, 0.25) is 0 Å². The van der Waals surface area contributed by atoms with Gasteiger partial charge in [-0.25, -0.2) is 0 Å². The maximum absolute atomic E-state index is 12.1. The zero-order valence-corrected chi connectivity index (χ0v) is 10.4. The Balaban J connectivity index is 2.67. The zero-order chi connectivity index (χ0) is 10.8. The van der Waals surface area contributed by atoms with Gasteiger partial charge >= 0.3 is 0 Å². The van der Waals surface area contributed by atoms with E-state index in [-0.39, 0.29) is 27.5 Å². The molecule has 0 aliphatic carbocycles. The predicted molar refractivity (Wildman–Crippen MR) is 61.9 cm³/mol. The lowest BCUT2D eigenvalue weighted by Crippen LogP contribution is -2.46. The highest BCUT2D eigenvalue weighted by molar-refractivity contribution is 7.99. The summed E-state index contributed by atoms with van der Waals surface area (Å²) in [6, 6.07) is 0. The van der Waals surface area contributed by atoms with Gasteiger partial charge in [-0.1, -0.05) is 0 Å². The second-order valence-corrected chi connectivity index (χ2v) is 7.18. The van der Waals surface area contributed by atoms with E-state index in [1.165, 1.54) is 24.3 Å². The number of hydrogen-bond acceptors (Lipinski definition) is 2. The molecule has 1 aliphatic rings. The van der Waals surface area contributed by atoms with E-state index < -0.39 is 0 Å². The van der Waals surface area contributed by atoms with Crippen molar-refractivity contribution >= 4 is 16.7 Å². The van der Waals surface area contributed by atoms with Crippen LogP contribution in [0, 0.1) is 0 Å². The van der Waals surface area contributed by atoms with E-state index in [9.17, 15) is 4.79 Å². The van der Waals surface area contributed by atoms with Crippen LogP contribution in [0.3, 0.4) is 0 Å². The average Bonchev–Trinajstić information content (AvgIpc) is 2.68. The molecule has 0 aromatic carbocycles. The standard InChI is InChI=1S/C11H21O2S/c1-9(13-4)10(12)11(2,3)14-7-5-6-8-14/h9H,5-8H2,1-4H3/q+1. The van der Waals surface area contributed by atoms with Crippen molar-refractivity contribution in [1.82, 2.24) is 0 Å². The monoisotopic (exact) mass is 217 g/mol. The first-order chi connectivity index (χ1) is 6.50. The van der Waals surface area contributed by atoms with Gasteiger partial charge in [0.2, 0.25) is 5.78 Å². The molecule has 0 aromatic rings. The van der Waals surface area contributed by atoms with Gasteiger partial charge in [-0.15, -0.1) is 0 Å². The highest BCUT2D eigenvalue weighted by Crippen LogP contribution is 2.29. The summed E-state index contributed by atoms with van der Waals surface area (Å²) in [6.07, 6.45) is 2.33. The summed E-state index contributed by atoms with van der Waals surface area (Å²) in [6.45, 7) is 6.02. The molecule has 0 amide bonds. The summed E-state index contributed by atoms with van der Waals surface area (Å²) < 4.78 is 4.94. The molecule has 1 unspecified atom stereocenters. The Labute approximate surface area is 89.7 Å². The third-order valence-electron chi connectivity index (χ3n) is 3.07. The molecular weight excluding hydrogens is 196 g/mol. The molecule has 1 rings (SSSR count). The van der Waals surface area contributed by atoms with Gasteiger partial charge in [0.25, 0.3) is 0 Å². The van der Waals surface area contributed by atoms with Gasteiger partial charge in [0.15, 0.2) is 4.75 Å². The van der Waals surface area contributed by atoms with Crippen molar-refractivity contribution in [3.63, 3.8) is 0 Å². The van der Waals surface area contributed by atoms with Crippen molar-refractivity contribution in [2.24, 2.45) is 0 Å². The SMILES string of the molecule is COC(C)C(=O)C(C)(C)[S+]1CCCC1. The molecule has 0 radical (unpaired) electrons. The molecule has 1 atom stereocenters. The fraction of sp³-hybridized carbons (Fsp3) is 0.909. The Kier molecular flexibility index (Phi) is 4.02. The van der Waals surface area contributed by atoms with E-state index in [0.29, 0.717) is 0 Å². The molecule has 1 fully saturated rings. The van der Waals surface area contributed by atoms with Gasteiger partial charge in [0, 0.05) is 18.0 Å². The summed E-state index contributed by atoms with van der Waals surface area (Å²) in [5, 5.41) is 0. The molecule has 0 aromatic heterocycles. The molecule has 2 nitrogen and oxygen atoms in total. The van der Waals surface area contributed by atoms with Crippen LogP contribution in [0.1, 0.15) is 33.6 Å². The van der Waals surface area contributed by atoms with Crippen molar-refractivity contribution in [2.45, 2.75) is 44.5 Å². The van der Waals surface area contributed by atoms with Crippen LogP contribution in [0.5, 0.6) is 0 Å². The Bertz CT molecular complexity index is 207. The van der Waals surface area contributed by atoms with Gasteiger partial charge in [0.05, 0.1) is 0 Å². The van der Waals surface area contributed by atoms with E-state index in [4.69, 9.17) is 4.74 Å². The first-order valence-corrected chi connectivity index (χ1v) is 6.81. The fourth-order valence-electron chi connectivity index (χ4n) is 1.90. The lowest BCUT2D eigenvalue weighted by atomic mass is 10.0. The Morgan fingerprint density at radius 3 is 2.29 bits per heavy atom. The summed E-state index contributed by atoms with van der Waals surface area (Å²) in [5.74, 6) is 2.73. The van der Waals surface area contributed by atoms with Crippen LogP contribution in [-0.4, -0.2) is 35.2 Å².